The number of nitrogens with two attached hydrogens (primary N) is 1. The van der Waals surface area contributed by atoms with Crippen LogP contribution in [0.15, 0.2) is 47.6 Å². The highest BCUT2D eigenvalue weighted by Crippen LogP contribution is 2.28. The fourth-order valence-electron chi connectivity index (χ4n) is 1.46. The minimum Gasteiger partial charge on any atom is -0.435 e. The summed E-state index contributed by atoms with van der Waals surface area (Å²) in [7, 11) is 0. The average Bonchev–Trinajstić information content (AvgIpc) is 2.39. The van der Waals surface area contributed by atoms with E-state index in [9.17, 15) is 8.78 Å². The van der Waals surface area contributed by atoms with Gasteiger partial charge in [0.25, 0.3) is 0 Å². The number of rotatable bonds is 5. The molecule has 0 aliphatic carbocycles. The van der Waals surface area contributed by atoms with E-state index in [4.69, 9.17) is 5.73 Å². The first kappa shape index (κ1) is 13.6. The van der Waals surface area contributed by atoms with Crippen molar-refractivity contribution >= 4 is 17.4 Å². The monoisotopic (exact) mass is 282 g/mol. The number of thioether (sulfide) groups is 1. The lowest BCUT2D eigenvalue weighted by molar-refractivity contribution is -0.0503. The van der Waals surface area contributed by atoms with Crippen LogP contribution in [0.4, 0.5) is 14.5 Å². The van der Waals surface area contributed by atoms with E-state index in [1.165, 1.54) is 17.8 Å². The largest absolute Gasteiger partial charge is 0.435 e. The Morgan fingerprint density at radius 2 is 2.00 bits per heavy atom. The van der Waals surface area contributed by atoms with Crippen LogP contribution in [0.25, 0.3) is 0 Å². The van der Waals surface area contributed by atoms with Gasteiger partial charge >= 0.3 is 6.61 Å². The Kier molecular flexibility index (Phi) is 4.57. The van der Waals surface area contributed by atoms with Crippen molar-refractivity contribution in [1.29, 1.82) is 0 Å². The second-order valence-corrected chi connectivity index (χ2v) is 4.70. The molecule has 2 aromatic rings. The summed E-state index contributed by atoms with van der Waals surface area (Å²) < 4.78 is 29.0. The van der Waals surface area contributed by atoms with E-state index in [1.54, 1.807) is 36.5 Å². The van der Waals surface area contributed by atoms with Crippen LogP contribution in [0.2, 0.25) is 0 Å². The Bertz CT molecular complexity index is 534. The van der Waals surface area contributed by atoms with Crippen molar-refractivity contribution < 1.29 is 13.5 Å². The summed E-state index contributed by atoms with van der Waals surface area (Å²) in [5.41, 5.74) is 6.83. The molecule has 1 heterocycles. The van der Waals surface area contributed by atoms with Gasteiger partial charge in [0.1, 0.15) is 5.75 Å². The molecule has 100 valence electrons. The van der Waals surface area contributed by atoms with Gasteiger partial charge in [-0.1, -0.05) is 18.2 Å². The quantitative estimate of drug-likeness (QED) is 0.852. The van der Waals surface area contributed by atoms with Crippen molar-refractivity contribution in [3.05, 3.63) is 48.2 Å². The van der Waals surface area contributed by atoms with Gasteiger partial charge in [-0.25, -0.2) is 4.98 Å². The van der Waals surface area contributed by atoms with Crippen LogP contribution >= 0.6 is 11.8 Å². The molecule has 0 amide bonds. The minimum atomic E-state index is -2.82. The van der Waals surface area contributed by atoms with E-state index in [0.29, 0.717) is 17.0 Å². The molecule has 0 atom stereocenters. The van der Waals surface area contributed by atoms with Gasteiger partial charge in [-0.05, 0) is 18.2 Å². The third-order valence-electron chi connectivity index (χ3n) is 2.32. The molecule has 0 saturated heterocycles. The Balaban J connectivity index is 2.04. The highest BCUT2D eigenvalue weighted by Gasteiger charge is 2.09. The van der Waals surface area contributed by atoms with Gasteiger partial charge in [0.05, 0.1) is 16.9 Å². The summed E-state index contributed by atoms with van der Waals surface area (Å²) in [6.45, 7) is -2.82. The van der Waals surface area contributed by atoms with Crippen molar-refractivity contribution in [2.24, 2.45) is 0 Å². The number of alkyl halides is 2. The lowest BCUT2D eigenvalue weighted by atomic mass is 10.2. The summed E-state index contributed by atoms with van der Waals surface area (Å²) in [6.07, 6.45) is 1.56. The van der Waals surface area contributed by atoms with Crippen LogP contribution in [0, 0.1) is 0 Å². The number of nitrogens with zero attached hydrogens (tertiary/aromatic N) is 1. The maximum absolute atomic E-state index is 12.3. The summed E-state index contributed by atoms with van der Waals surface area (Å²) >= 11 is 1.43. The molecule has 0 spiro atoms. The third kappa shape index (κ3) is 4.10. The van der Waals surface area contributed by atoms with Gasteiger partial charge in [0, 0.05) is 11.3 Å². The van der Waals surface area contributed by atoms with Gasteiger partial charge < -0.3 is 10.5 Å². The Labute approximate surface area is 113 Å². The molecule has 2 rings (SSSR count). The average molecular weight is 282 g/mol. The molecule has 0 radical (unpaired) electrons. The molecule has 2 N–H and O–H groups in total. The van der Waals surface area contributed by atoms with E-state index < -0.39 is 6.61 Å². The molecule has 0 saturated carbocycles. The van der Waals surface area contributed by atoms with Crippen LogP contribution < -0.4 is 10.5 Å². The third-order valence-corrected chi connectivity index (χ3v) is 3.32. The van der Waals surface area contributed by atoms with Crippen LogP contribution in [0.3, 0.4) is 0 Å². The molecule has 0 aliphatic heterocycles. The van der Waals surface area contributed by atoms with Gasteiger partial charge in [-0.3, -0.25) is 0 Å². The zero-order valence-corrected chi connectivity index (χ0v) is 10.7. The highest BCUT2D eigenvalue weighted by molar-refractivity contribution is 7.98. The number of benzene rings is 1. The topological polar surface area (TPSA) is 48.1 Å². The molecular formula is C13H12F2N2OS. The molecule has 1 aromatic heterocycles. The molecule has 0 bridgehead atoms. The summed E-state index contributed by atoms with van der Waals surface area (Å²) in [5, 5.41) is 0.779. The first-order valence-corrected chi connectivity index (χ1v) is 6.51. The summed E-state index contributed by atoms with van der Waals surface area (Å²) in [4.78, 5) is 4.13. The predicted molar refractivity (Wildman–Crippen MR) is 71.3 cm³/mol. The number of anilines is 1. The van der Waals surface area contributed by atoms with E-state index in [2.05, 4.69) is 9.72 Å². The zero-order valence-electron chi connectivity index (χ0n) is 9.92. The molecule has 0 unspecified atom stereocenters. The number of halogens is 2. The summed E-state index contributed by atoms with van der Waals surface area (Å²) in [6, 6.07) is 10.3. The molecule has 3 nitrogen and oxygen atoms in total. The molecular weight excluding hydrogens is 270 g/mol. The lowest BCUT2D eigenvalue weighted by Gasteiger charge is -2.09. The second kappa shape index (κ2) is 6.38. The molecule has 0 fully saturated rings. The molecule has 6 heteroatoms. The van der Waals surface area contributed by atoms with Crippen molar-refractivity contribution in [3.8, 4) is 5.75 Å². The van der Waals surface area contributed by atoms with Gasteiger partial charge in [0.2, 0.25) is 0 Å². The fourth-order valence-corrected chi connectivity index (χ4v) is 2.30. The number of ether oxygens (including phenoxy) is 1. The number of hydrogen-bond acceptors (Lipinski definition) is 4. The van der Waals surface area contributed by atoms with Crippen LogP contribution in [-0.2, 0) is 5.75 Å². The fraction of sp³-hybridized carbons (Fsp3) is 0.154. The lowest BCUT2D eigenvalue weighted by Crippen LogP contribution is -2.03. The smallest absolute Gasteiger partial charge is 0.387 e. The van der Waals surface area contributed by atoms with Gasteiger partial charge in [-0.15, -0.1) is 11.8 Å². The SMILES string of the molecule is Nc1ccc(SCc2ccccc2OC(F)F)nc1. The predicted octanol–water partition coefficient (Wildman–Crippen LogP) is 3.56. The van der Waals surface area contributed by atoms with E-state index in [0.717, 1.165) is 5.03 Å². The Morgan fingerprint density at radius 1 is 1.21 bits per heavy atom. The van der Waals surface area contributed by atoms with Crippen LogP contribution in [0.5, 0.6) is 5.75 Å². The maximum Gasteiger partial charge on any atom is 0.387 e. The summed E-state index contributed by atoms with van der Waals surface area (Å²) in [5.74, 6) is 0.695. The van der Waals surface area contributed by atoms with Crippen molar-refractivity contribution in [2.45, 2.75) is 17.4 Å². The molecule has 1 aromatic carbocycles. The molecule has 0 aliphatic rings. The second-order valence-electron chi connectivity index (χ2n) is 3.70. The Hall–Kier alpha value is -1.82. The van der Waals surface area contributed by atoms with Crippen LogP contribution in [-0.4, -0.2) is 11.6 Å². The van der Waals surface area contributed by atoms with E-state index in [-0.39, 0.29) is 5.75 Å². The number of aromatic nitrogens is 1. The zero-order chi connectivity index (χ0) is 13.7. The van der Waals surface area contributed by atoms with E-state index in [1.807, 2.05) is 0 Å². The number of nitrogen functional groups attached to an aromatic ring is 1. The number of hydrogen-bond donors (Lipinski definition) is 1. The first-order valence-electron chi connectivity index (χ1n) is 5.52. The van der Waals surface area contributed by atoms with Gasteiger partial charge in [0.15, 0.2) is 0 Å². The van der Waals surface area contributed by atoms with Crippen molar-refractivity contribution in [3.63, 3.8) is 0 Å². The van der Waals surface area contributed by atoms with Crippen molar-refractivity contribution in [1.82, 2.24) is 4.98 Å². The molecule has 19 heavy (non-hydrogen) atoms. The van der Waals surface area contributed by atoms with Crippen molar-refractivity contribution in [2.75, 3.05) is 5.73 Å². The normalized spacial score (nSPS) is 10.7. The minimum absolute atomic E-state index is 0.195. The maximum atomic E-state index is 12.3. The number of para-hydroxylation sites is 1. The van der Waals surface area contributed by atoms with Crippen LogP contribution in [0.1, 0.15) is 5.56 Å². The van der Waals surface area contributed by atoms with E-state index >= 15 is 0 Å². The van der Waals surface area contributed by atoms with Gasteiger partial charge in [-0.2, -0.15) is 8.78 Å². The highest BCUT2D eigenvalue weighted by atomic mass is 32.2. The Morgan fingerprint density at radius 3 is 2.68 bits per heavy atom. The standard InChI is InChI=1S/C13H12F2N2OS/c14-13(15)18-11-4-2-1-3-9(11)8-19-12-6-5-10(16)7-17-12/h1-7,13H,8,16H2. The number of pyridine rings is 1. The first-order chi connectivity index (χ1) is 9.15.